The Kier molecular flexibility index (Phi) is 6.61. The number of aryl methyl sites for hydroxylation is 1. The average Bonchev–Trinajstić information content (AvgIpc) is 2.92. The van der Waals surface area contributed by atoms with Crippen molar-refractivity contribution >= 4 is 11.9 Å². The molecule has 0 saturated carbocycles. The molecule has 0 unspecified atom stereocenters. The number of aromatic nitrogens is 1. The van der Waals surface area contributed by atoms with Gasteiger partial charge in [-0.05, 0) is 49.9 Å². The number of hydrogen-bond acceptors (Lipinski definition) is 3. The lowest BCUT2D eigenvalue weighted by molar-refractivity contribution is -0.140. The molecule has 5 heteroatoms. The second-order valence-electron chi connectivity index (χ2n) is 6.80. The summed E-state index contributed by atoms with van der Waals surface area (Å²) in [7, 11) is 1.36. The summed E-state index contributed by atoms with van der Waals surface area (Å²) in [5.41, 5.74) is 4.92. The van der Waals surface area contributed by atoms with E-state index in [4.69, 9.17) is 0 Å². The Bertz CT molecular complexity index is 773. The Morgan fingerprint density at radius 2 is 1.81 bits per heavy atom. The zero-order chi connectivity index (χ0) is 19.3. The zero-order valence-electron chi connectivity index (χ0n) is 16.3. The summed E-state index contributed by atoms with van der Waals surface area (Å²) in [6.07, 6.45) is 0.867. The van der Waals surface area contributed by atoms with E-state index < -0.39 is 0 Å². The van der Waals surface area contributed by atoms with Gasteiger partial charge in [0.15, 0.2) is 0 Å². The van der Waals surface area contributed by atoms with Gasteiger partial charge in [0.1, 0.15) is 0 Å². The predicted octanol–water partition coefficient (Wildman–Crippen LogP) is 3.90. The van der Waals surface area contributed by atoms with Crippen LogP contribution in [0.15, 0.2) is 30.3 Å². The fourth-order valence-electron chi connectivity index (χ4n) is 3.03. The van der Waals surface area contributed by atoms with Gasteiger partial charge in [0.05, 0.1) is 12.7 Å². The molecule has 5 nitrogen and oxygen atoms in total. The van der Waals surface area contributed by atoms with Crippen molar-refractivity contribution in [2.45, 2.75) is 46.5 Å². The standard InChI is InChI=1S/C21H28N2O3/c1-14(2)17-8-10-18(11-9-17)23-15(3)13-19(16(23)4)21(25)22-12-6-7-20(24)26-5/h8-11,13-14H,6-7,12H2,1-5H3,(H,22,25). The van der Waals surface area contributed by atoms with E-state index in [1.807, 2.05) is 19.9 Å². The Morgan fingerprint density at radius 3 is 2.38 bits per heavy atom. The minimum absolute atomic E-state index is 0.118. The third kappa shape index (κ3) is 4.54. The van der Waals surface area contributed by atoms with Crippen LogP contribution >= 0.6 is 0 Å². The molecular formula is C21H28N2O3. The van der Waals surface area contributed by atoms with E-state index in [2.05, 4.69) is 52.7 Å². The molecule has 0 saturated heterocycles. The van der Waals surface area contributed by atoms with E-state index in [0.29, 0.717) is 30.9 Å². The molecule has 0 fully saturated rings. The van der Waals surface area contributed by atoms with Gasteiger partial charge in [-0.15, -0.1) is 0 Å². The van der Waals surface area contributed by atoms with Crippen LogP contribution in [-0.2, 0) is 9.53 Å². The Morgan fingerprint density at radius 1 is 1.15 bits per heavy atom. The lowest BCUT2D eigenvalue weighted by Gasteiger charge is -2.12. The molecule has 1 amide bonds. The molecule has 0 aliphatic carbocycles. The SMILES string of the molecule is COC(=O)CCCNC(=O)c1cc(C)n(-c2ccc(C(C)C)cc2)c1C. The van der Waals surface area contributed by atoms with Gasteiger partial charge in [-0.3, -0.25) is 9.59 Å². The first-order chi connectivity index (χ1) is 12.3. The molecule has 2 aromatic rings. The Labute approximate surface area is 155 Å². The topological polar surface area (TPSA) is 60.3 Å². The molecule has 0 atom stereocenters. The predicted molar refractivity (Wildman–Crippen MR) is 103 cm³/mol. The normalized spacial score (nSPS) is 10.8. The number of rotatable bonds is 7. The molecule has 0 spiro atoms. The summed E-state index contributed by atoms with van der Waals surface area (Å²) in [6.45, 7) is 8.73. The second kappa shape index (κ2) is 8.70. The molecule has 1 aromatic carbocycles. The number of carbonyl (C=O) groups excluding carboxylic acids is 2. The van der Waals surface area contributed by atoms with Crippen molar-refractivity contribution in [2.24, 2.45) is 0 Å². The van der Waals surface area contributed by atoms with E-state index in [0.717, 1.165) is 17.1 Å². The van der Waals surface area contributed by atoms with E-state index in [1.54, 1.807) is 0 Å². The fourth-order valence-corrected chi connectivity index (χ4v) is 3.03. The van der Waals surface area contributed by atoms with Gasteiger partial charge in [0, 0.05) is 30.0 Å². The Hall–Kier alpha value is -2.56. The number of nitrogens with zero attached hydrogens (tertiary/aromatic N) is 1. The number of esters is 1. The maximum atomic E-state index is 12.5. The van der Waals surface area contributed by atoms with Crippen LogP contribution in [0.5, 0.6) is 0 Å². The van der Waals surface area contributed by atoms with Crippen LogP contribution in [-0.4, -0.2) is 30.1 Å². The van der Waals surface area contributed by atoms with Crippen molar-refractivity contribution in [2.75, 3.05) is 13.7 Å². The minimum Gasteiger partial charge on any atom is -0.469 e. The van der Waals surface area contributed by atoms with Crippen molar-refractivity contribution in [3.05, 3.63) is 52.8 Å². The number of benzene rings is 1. The molecule has 1 aromatic heterocycles. The summed E-state index contributed by atoms with van der Waals surface area (Å²) in [4.78, 5) is 23.6. The Balaban J connectivity index is 2.11. The van der Waals surface area contributed by atoms with Gasteiger partial charge in [-0.2, -0.15) is 0 Å². The molecule has 0 aliphatic heterocycles. The number of amides is 1. The highest BCUT2D eigenvalue weighted by Gasteiger charge is 2.16. The first kappa shape index (κ1) is 19.8. The monoisotopic (exact) mass is 356 g/mol. The van der Waals surface area contributed by atoms with Gasteiger partial charge >= 0.3 is 5.97 Å². The maximum absolute atomic E-state index is 12.5. The lowest BCUT2D eigenvalue weighted by atomic mass is 10.0. The number of nitrogens with one attached hydrogen (secondary N) is 1. The number of methoxy groups -OCH3 is 1. The summed E-state index contributed by atoms with van der Waals surface area (Å²) in [6, 6.07) is 10.3. The molecular weight excluding hydrogens is 328 g/mol. The van der Waals surface area contributed by atoms with Gasteiger partial charge in [-0.25, -0.2) is 0 Å². The molecule has 0 radical (unpaired) electrons. The summed E-state index contributed by atoms with van der Waals surface area (Å²) in [5.74, 6) is 0.109. The van der Waals surface area contributed by atoms with E-state index in [-0.39, 0.29) is 11.9 Å². The first-order valence-electron chi connectivity index (χ1n) is 8.99. The quantitative estimate of drug-likeness (QED) is 0.604. The first-order valence-corrected chi connectivity index (χ1v) is 8.99. The van der Waals surface area contributed by atoms with Gasteiger partial charge in [-0.1, -0.05) is 26.0 Å². The summed E-state index contributed by atoms with van der Waals surface area (Å²) >= 11 is 0. The average molecular weight is 356 g/mol. The highest BCUT2D eigenvalue weighted by Crippen LogP contribution is 2.23. The highest BCUT2D eigenvalue weighted by atomic mass is 16.5. The smallest absolute Gasteiger partial charge is 0.305 e. The van der Waals surface area contributed by atoms with Gasteiger partial charge < -0.3 is 14.6 Å². The minimum atomic E-state index is -0.262. The van der Waals surface area contributed by atoms with Crippen molar-refractivity contribution in [1.29, 1.82) is 0 Å². The zero-order valence-corrected chi connectivity index (χ0v) is 16.3. The molecule has 0 aliphatic rings. The van der Waals surface area contributed by atoms with Gasteiger partial charge in [0.25, 0.3) is 5.91 Å². The molecule has 1 heterocycles. The molecule has 140 valence electrons. The molecule has 0 bridgehead atoms. The van der Waals surface area contributed by atoms with Crippen LogP contribution in [0.25, 0.3) is 5.69 Å². The fraction of sp³-hybridized carbons (Fsp3) is 0.429. The van der Waals surface area contributed by atoms with Gasteiger partial charge in [0.2, 0.25) is 0 Å². The van der Waals surface area contributed by atoms with Crippen molar-refractivity contribution in [3.63, 3.8) is 0 Å². The summed E-state index contributed by atoms with van der Waals surface area (Å²) in [5, 5.41) is 2.88. The van der Waals surface area contributed by atoms with Crippen molar-refractivity contribution in [3.8, 4) is 5.69 Å². The van der Waals surface area contributed by atoms with Crippen LogP contribution in [0.1, 0.15) is 59.9 Å². The van der Waals surface area contributed by atoms with Crippen LogP contribution in [0.3, 0.4) is 0 Å². The van der Waals surface area contributed by atoms with E-state index in [9.17, 15) is 9.59 Å². The largest absolute Gasteiger partial charge is 0.469 e. The summed E-state index contributed by atoms with van der Waals surface area (Å²) < 4.78 is 6.69. The second-order valence-corrected chi connectivity index (χ2v) is 6.80. The maximum Gasteiger partial charge on any atom is 0.305 e. The van der Waals surface area contributed by atoms with Crippen LogP contribution < -0.4 is 5.32 Å². The lowest BCUT2D eigenvalue weighted by Crippen LogP contribution is -2.25. The third-order valence-corrected chi connectivity index (χ3v) is 4.56. The number of hydrogen-bond donors (Lipinski definition) is 1. The number of carbonyl (C=O) groups is 2. The highest BCUT2D eigenvalue weighted by molar-refractivity contribution is 5.95. The molecule has 2 rings (SSSR count). The van der Waals surface area contributed by atoms with E-state index >= 15 is 0 Å². The molecule has 26 heavy (non-hydrogen) atoms. The molecule has 1 N–H and O–H groups in total. The van der Waals surface area contributed by atoms with Crippen LogP contribution in [0.2, 0.25) is 0 Å². The third-order valence-electron chi connectivity index (χ3n) is 4.56. The number of ether oxygens (including phenoxy) is 1. The van der Waals surface area contributed by atoms with E-state index in [1.165, 1.54) is 12.7 Å². The van der Waals surface area contributed by atoms with Crippen LogP contribution in [0.4, 0.5) is 0 Å². The van der Waals surface area contributed by atoms with Crippen molar-refractivity contribution < 1.29 is 14.3 Å². The van der Waals surface area contributed by atoms with Crippen LogP contribution in [0, 0.1) is 13.8 Å². The van der Waals surface area contributed by atoms with Crippen molar-refractivity contribution in [1.82, 2.24) is 9.88 Å².